The Morgan fingerprint density at radius 3 is 2.90 bits per heavy atom. The number of hydrogen-bond acceptors (Lipinski definition) is 4. The minimum atomic E-state index is -0.454. The minimum Gasteiger partial charge on any atom is -0.457 e. The Morgan fingerprint density at radius 2 is 2.10 bits per heavy atom. The van der Waals surface area contributed by atoms with Crippen LogP contribution in [0.15, 0.2) is 42.6 Å². The highest BCUT2D eigenvalue weighted by Gasteiger charge is 2.15. The summed E-state index contributed by atoms with van der Waals surface area (Å²) in [5.41, 5.74) is 1.73. The highest BCUT2D eigenvalue weighted by atomic mass is 35.5. The average Bonchev–Trinajstić information content (AvgIpc) is 2.93. The number of halogens is 1. The molecule has 0 spiro atoms. The van der Waals surface area contributed by atoms with Gasteiger partial charge in [0.1, 0.15) is 11.8 Å². The van der Waals surface area contributed by atoms with Gasteiger partial charge in [-0.2, -0.15) is 5.10 Å². The van der Waals surface area contributed by atoms with Crippen LogP contribution >= 0.6 is 11.6 Å². The number of nitrogens with one attached hydrogen (secondary N) is 1. The molecule has 3 rings (SSSR count). The van der Waals surface area contributed by atoms with Crippen molar-refractivity contribution in [3.8, 4) is 0 Å². The zero-order valence-electron chi connectivity index (χ0n) is 10.3. The van der Waals surface area contributed by atoms with Crippen LogP contribution in [0, 0.1) is 0 Å². The lowest BCUT2D eigenvalue weighted by Crippen LogP contribution is -2.06. The lowest BCUT2D eigenvalue weighted by Gasteiger charge is -2.06. The summed E-state index contributed by atoms with van der Waals surface area (Å²) < 4.78 is 5.28. The third kappa shape index (κ3) is 2.48. The number of nitrogens with zero attached hydrogens (tertiary/aromatic N) is 2. The predicted octanol–water partition coefficient (Wildman–Crippen LogP) is 2.97. The summed E-state index contributed by atoms with van der Waals surface area (Å²) in [6.45, 7) is 0.207. The minimum absolute atomic E-state index is 0.207. The summed E-state index contributed by atoms with van der Waals surface area (Å²) in [5, 5.41) is 7.33. The molecule has 0 fully saturated rings. The Morgan fingerprint density at radius 1 is 1.30 bits per heavy atom. The number of rotatable bonds is 3. The molecule has 0 atom stereocenters. The van der Waals surface area contributed by atoms with Gasteiger partial charge in [-0.3, -0.25) is 5.10 Å². The van der Waals surface area contributed by atoms with E-state index in [1.165, 1.54) is 12.3 Å². The highest BCUT2D eigenvalue weighted by molar-refractivity contribution is 6.30. The molecule has 1 aromatic carbocycles. The molecule has 6 heteroatoms. The molecule has 1 N–H and O–H groups in total. The van der Waals surface area contributed by atoms with Crippen molar-refractivity contribution in [1.82, 2.24) is 15.2 Å². The molecule has 0 aliphatic rings. The number of carbonyl (C=O) groups excluding carboxylic acids is 1. The summed E-state index contributed by atoms with van der Waals surface area (Å²) in [5.74, 6) is -0.454. The lowest BCUT2D eigenvalue weighted by molar-refractivity contribution is 0.0475. The number of benzene rings is 1. The maximum absolute atomic E-state index is 12.1. The molecule has 100 valence electrons. The van der Waals surface area contributed by atoms with Gasteiger partial charge in [0.25, 0.3) is 0 Å². The number of aromatic amines is 1. The highest BCUT2D eigenvalue weighted by Crippen LogP contribution is 2.20. The fraction of sp³-hybridized carbons (Fsp3) is 0.0714. The van der Waals surface area contributed by atoms with Gasteiger partial charge >= 0.3 is 5.97 Å². The molecule has 2 aromatic heterocycles. The van der Waals surface area contributed by atoms with Crippen LogP contribution in [0.3, 0.4) is 0 Å². The number of aromatic nitrogens is 3. The van der Waals surface area contributed by atoms with Crippen LogP contribution < -0.4 is 0 Å². The van der Waals surface area contributed by atoms with Crippen LogP contribution in [0.25, 0.3) is 11.0 Å². The molecule has 0 aliphatic heterocycles. The van der Waals surface area contributed by atoms with E-state index >= 15 is 0 Å². The fourth-order valence-electron chi connectivity index (χ4n) is 1.87. The van der Waals surface area contributed by atoms with E-state index in [0.29, 0.717) is 16.6 Å². The molecule has 5 nitrogen and oxygen atoms in total. The molecule has 0 unspecified atom stereocenters. The van der Waals surface area contributed by atoms with Crippen molar-refractivity contribution in [1.29, 1.82) is 0 Å². The zero-order valence-corrected chi connectivity index (χ0v) is 11.1. The van der Waals surface area contributed by atoms with Crippen molar-refractivity contribution >= 4 is 28.6 Å². The normalized spacial score (nSPS) is 10.7. The number of fused-ring (bicyclic) bond motifs is 1. The summed E-state index contributed by atoms with van der Waals surface area (Å²) in [6, 6.07) is 10.9. The second-order valence-electron chi connectivity index (χ2n) is 4.19. The molecule has 0 saturated heterocycles. The molecule has 0 saturated carbocycles. The van der Waals surface area contributed by atoms with Crippen LogP contribution in [-0.4, -0.2) is 21.2 Å². The van der Waals surface area contributed by atoms with E-state index in [1.54, 1.807) is 0 Å². The van der Waals surface area contributed by atoms with E-state index in [4.69, 9.17) is 16.3 Å². The van der Waals surface area contributed by atoms with Gasteiger partial charge in [0.15, 0.2) is 5.65 Å². The van der Waals surface area contributed by atoms with Crippen molar-refractivity contribution in [2.75, 3.05) is 0 Å². The molecule has 2 heterocycles. The van der Waals surface area contributed by atoms with Gasteiger partial charge in [-0.05, 0) is 11.6 Å². The molecular formula is C14H10ClN3O2. The number of ether oxygens (including phenoxy) is 1. The molecule has 0 radical (unpaired) electrons. The fourth-order valence-corrected chi connectivity index (χ4v) is 2.06. The lowest BCUT2D eigenvalue weighted by atomic mass is 10.2. The molecule has 0 bridgehead atoms. The van der Waals surface area contributed by atoms with Crippen molar-refractivity contribution in [2.24, 2.45) is 0 Å². The summed E-state index contributed by atoms with van der Waals surface area (Å²) in [4.78, 5) is 16.2. The van der Waals surface area contributed by atoms with E-state index in [9.17, 15) is 4.79 Å². The van der Waals surface area contributed by atoms with E-state index in [-0.39, 0.29) is 11.8 Å². The van der Waals surface area contributed by atoms with E-state index < -0.39 is 5.97 Å². The largest absolute Gasteiger partial charge is 0.457 e. The third-order valence-electron chi connectivity index (χ3n) is 2.82. The van der Waals surface area contributed by atoms with Crippen molar-refractivity contribution in [3.05, 3.63) is 58.9 Å². The van der Waals surface area contributed by atoms with E-state index in [2.05, 4.69) is 15.2 Å². The monoisotopic (exact) mass is 287 g/mol. The first-order valence-electron chi connectivity index (χ1n) is 5.95. The molecule has 0 amide bonds. The number of pyridine rings is 1. The first-order chi connectivity index (χ1) is 9.74. The second-order valence-corrected chi connectivity index (χ2v) is 4.57. The summed E-state index contributed by atoms with van der Waals surface area (Å²) >= 11 is 5.88. The van der Waals surface area contributed by atoms with Crippen molar-refractivity contribution < 1.29 is 9.53 Å². The van der Waals surface area contributed by atoms with Crippen LogP contribution in [0.4, 0.5) is 0 Å². The number of esters is 1. The Bertz CT molecular complexity index is 755. The standard InChI is InChI=1S/C14H10ClN3O2/c15-12-6-10(11-7-16-18-13(11)17-12)14(19)20-8-9-4-2-1-3-5-9/h1-7H,8H2,(H,16,17,18). The number of carbonyl (C=O) groups is 1. The van der Waals surface area contributed by atoms with Crippen molar-refractivity contribution in [2.45, 2.75) is 6.61 Å². The van der Waals surface area contributed by atoms with E-state index in [1.807, 2.05) is 30.3 Å². The predicted molar refractivity (Wildman–Crippen MR) is 74.5 cm³/mol. The zero-order chi connectivity index (χ0) is 13.9. The summed E-state index contributed by atoms with van der Waals surface area (Å²) in [6.07, 6.45) is 1.53. The Balaban J connectivity index is 1.84. The Hall–Kier alpha value is -2.40. The van der Waals surface area contributed by atoms with Gasteiger partial charge in [-0.15, -0.1) is 0 Å². The van der Waals surface area contributed by atoms with E-state index in [0.717, 1.165) is 5.56 Å². The van der Waals surface area contributed by atoms with Gasteiger partial charge in [0, 0.05) is 0 Å². The number of hydrogen-bond donors (Lipinski definition) is 1. The molecular weight excluding hydrogens is 278 g/mol. The second kappa shape index (κ2) is 5.30. The van der Waals surface area contributed by atoms with Gasteiger partial charge in [0.2, 0.25) is 0 Å². The molecule has 3 aromatic rings. The SMILES string of the molecule is O=C(OCc1ccccc1)c1cc(Cl)nc2[nH]ncc12. The smallest absolute Gasteiger partial charge is 0.339 e. The first kappa shape index (κ1) is 12.6. The van der Waals surface area contributed by atoms with Gasteiger partial charge in [-0.1, -0.05) is 41.9 Å². The third-order valence-corrected chi connectivity index (χ3v) is 3.02. The Labute approximate surface area is 119 Å². The number of H-pyrrole nitrogens is 1. The quantitative estimate of drug-likeness (QED) is 0.594. The van der Waals surface area contributed by atoms with Gasteiger partial charge in [0.05, 0.1) is 17.1 Å². The van der Waals surface area contributed by atoms with Crippen LogP contribution in [0.1, 0.15) is 15.9 Å². The van der Waals surface area contributed by atoms with Crippen LogP contribution in [0.2, 0.25) is 5.15 Å². The average molecular weight is 288 g/mol. The van der Waals surface area contributed by atoms with Crippen molar-refractivity contribution in [3.63, 3.8) is 0 Å². The summed E-state index contributed by atoms with van der Waals surface area (Å²) in [7, 11) is 0. The van der Waals surface area contributed by atoms with Gasteiger partial charge in [-0.25, -0.2) is 9.78 Å². The Kier molecular flexibility index (Phi) is 3.35. The maximum Gasteiger partial charge on any atom is 0.339 e. The molecule has 20 heavy (non-hydrogen) atoms. The maximum atomic E-state index is 12.1. The first-order valence-corrected chi connectivity index (χ1v) is 6.32. The molecule has 0 aliphatic carbocycles. The van der Waals surface area contributed by atoms with Crippen LogP contribution in [0.5, 0.6) is 0 Å². The van der Waals surface area contributed by atoms with Gasteiger partial charge < -0.3 is 4.74 Å². The van der Waals surface area contributed by atoms with Crippen LogP contribution in [-0.2, 0) is 11.3 Å². The topological polar surface area (TPSA) is 67.9 Å².